The zero-order valence-electron chi connectivity index (χ0n) is 10.7. The highest BCUT2D eigenvalue weighted by atomic mass is 35.5. The van der Waals surface area contributed by atoms with Gasteiger partial charge in [0, 0.05) is 13.1 Å². The number of amides is 1. The Bertz CT molecular complexity index is 673. The van der Waals surface area contributed by atoms with Crippen LogP contribution in [0.3, 0.4) is 0 Å². The number of phenolic OH excluding ortho intramolecular Hbond substituents is 1. The maximum absolute atomic E-state index is 12.4. The normalized spacial score (nSPS) is 13.9. The number of pyridine rings is 1. The molecule has 0 atom stereocenters. The predicted octanol–water partition coefficient (Wildman–Crippen LogP) is 2.64. The summed E-state index contributed by atoms with van der Waals surface area (Å²) in [5.41, 5.74) is 2.50. The van der Waals surface area contributed by atoms with Crippen LogP contribution >= 0.6 is 11.6 Å². The second kappa shape index (κ2) is 5.13. The molecule has 2 heterocycles. The molecule has 5 heteroatoms. The molecule has 3 rings (SSSR count). The van der Waals surface area contributed by atoms with E-state index in [0.717, 1.165) is 12.0 Å². The van der Waals surface area contributed by atoms with Gasteiger partial charge in [-0.2, -0.15) is 0 Å². The van der Waals surface area contributed by atoms with E-state index >= 15 is 0 Å². The van der Waals surface area contributed by atoms with Crippen molar-refractivity contribution in [1.29, 1.82) is 0 Å². The molecule has 0 saturated carbocycles. The average Bonchev–Trinajstić information content (AvgIpc) is 2.45. The Morgan fingerprint density at radius 2 is 2.10 bits per heavy atom. The third-order valence-corrected chi connectivity index (χ3v) is 3.63. The van der Waals surface area contributed by atoms with Gasteiger partial charge in [-0.05, 0) is 41.8 Å². The highest BCUT2D eigenvalue weighted by molar-refractivity contribution is 6.29. The number of fused-ring (bicyclic) bond motifs is 1. The number of rotatable bonds is 1. The molecule has 2 aromatic rings. The van der Waals surface area contributed by atoms with Crippen LogP contribution in [-0.4, -0.2) is 27.4 Å². The van der Waals surface area contributed by atoms with Crippen molar-refractivity contribution < 1.29 is 9.90 Å². The largest absolute Gasteiger partial charge is 0.508 e. The van der Waals surface area contributed by atoms with Crippen LogP contribution in [0.4, 0.5) is 0 Å². The minimum absolute atomic E-state index is 0.138. The summed E-state index contributed by atoms with van der Waals surface area (Å²) in [6.45, 7) is 1.13. The first kappa shape index (κ1) is 12.9. The highest BCUT2D eigenvalue weighted by Gasteiger charge is 2.22. The highest BCUT2D eigenvalue weighted by Crippen LogP contribution is 2.24. The van der Waals surface area contributed by atoms with Crippen LogP contribution < -0.4 is 0 Å². The molecule has 0 saturated heterocycles. The summed E-state index contributed by atoms with van der Waals surface area (Å²) >= 11 is 5.81. The molecule has 0 unspecified atom stereocenters. The molecule has 1 N–H and O–H groups in total. The Balaban J connectivity index is 1.84. The molecule has 20 heavy (non-hydrogen) atoms. The zero-order chi connectivity index (χ0) is 14.1. The van der Waals surface area contributed by atoms with Crippen LogP contribution in [0, 0.1) is 0 Å². The lowest BCUT2D eigenvalue weighted by molar-refractivity contribution is 0.0728. The van der Waals surface area contributed by atoms with Gasteiger partial charge < -0.3 is 10.0 Å². The Morgan fingerprint density at radius 1 is 1.25 bits per heavy atom. The number of carbonyl (C=O) groups is 1. The van der Waals surface area contributed by atoms with Crippen LogP contribution in [0.25, 0.3) is 0 Å². The molecule has 0 spiro atoms. The van der Waals surface area contributed by atoms with Crippen LogP contribution in [0.15, 0.2) is 36.4 Å². The molecule has 0 fully saturated rings. The topological polar surface area (TPSA) is 53.4 Å². The number of benzene rings is 1. The number of aromatic hydroxyl groups is 1. The second-order valence-corrected chi connectivity index (χ2v) is 5.16. The van der Waals surface area contributed by atoms with Gasteiger partial charge in [-0.3, -0.25) is 4.79 Å². The average molecular weight is 289 g/mol. The molecule has 1 aromatic carbocycles. The summed E-state index contributed by atoms with van der Waals surface area (Å²) in [4.78, 5) is 18.2. The van der Waals surface area contributed by atoms with Crippen molar-refractivity contribution in [2.45, 2.75) is 13.0 Å². The molecule has 0 radical (unpaired) electrons. The summed E-state index contributed by atoms with van der Waals surface area (Å²) in [6.07, 6.45) is 0.780. The van der Waals surface area contributed by atoms with Gasteiger partial charge in [0.25, 0.3) is 5.91 Å². The lowest BCUT2D eigenvalue weighted by Crippen LogP contribution is -2.36. The van der Waals surface area contributed by atoms with E-state index in [1.165, 1.54) is 5.56 Å². The van der Waals surface area contributed by atoms with Crippen LogP contribution in [0.5, 0.6) is 5.75 Å². The van der Waals surface area contributed by atoms with Crippen molar-refractivity contribution in [3.8, 4) is 5.75 Å². The van der Waals surface area contributed by atoms with E-state index in [9.17, 15) is 9.90 Å². The molecule has 1 aliphatic rings. The maximum Gasteiger partial charge on any atom is 0.272 e. The molecule has 0 aliphatic carbocycles. The van der Waals surface area contributed by atoms with Gasteiger partial charge in [0.05, 0.1) is 0 Å². The lowest BCUT2D eigenvalue weighted by atomic mass is 9.99. The number of hydrogen-bond donors (Lipinski definition) is 1. The molecule has 1 aromatic heterocycles. The van der Waals surface area contributed by atoms with Gasteiger partial charge in [-0.1, -0.05) is 23.7 Å². The van der Waals surface area contributed by atoms with Gasteiger partial charge in [0.2, 0.25) is 0 Å². The molecule has 4 nitrogen and oxygen atoms in total. The van der Waals surface area contributed by atoms with E-state index in [1.54, 1.807) is 35.2 Å². The molecule has 102 valence electrons. The van der Waals surface area contributed by atoms with Crippen LogP contribution in [0.2, 0.25) is 5.15 Å². The number of carbonyl (C=O) groups excluding carboxylic acids is 1. The van der Waals surface area contributed by atoms with Crippen molar-refractivity contribution in [2.24, 2.45) is 0 Å². The minimum Gasteiger partial charge on any atom is -0.508 e. The molecular formula is C15H13ClN2O2. The monoisotopic (exact) mass is 288 g/mol. The van der Waals surface area contributed by atoms with E-state index in [1.807, 2.05) is 6.07 Å². The number of hydrogen-bond acceptors (Lipinski definition) is 3. The SMILES string of the molecule is O=C(c1cccc(Cl)n1)N1CCc2ccc(O)cc2C1. The Labute approximate surface area is 121 Å². The van der Waals surface area contributed by atoms with Crippen molar-refractivity contribution >= 4 is 17.5 Å². The Kier molecular flexibility index (Phi) is 3.32. The minimum atomic E-state index is -0.138. The first-order valence-corrected chi connectivity index (χ1v) is 6.74. The number of aromatic nitrogens is 1. The molecule has 1 amide bonds. The smallest absolute Gasteiger partial charge is 0.272 e. The number of phenols is 1. The predicted molar refractivity (Wildman–Crippen MR) is 75.8 cm³/mol. The van der Waals surface area contributed by atoms with Crippen molar-refractivity contribution in [2.75, 3.05) is 6.54 Å². The van der Waals surface area contributed by atoms with E-state index in [0.29, 0.717) is 23.9 Å². The maximum atomic E-state index is 12.4. The summed E-state index contributed by atoms with van der Waals surface area (Å²) in [7, 11) is 0. The van der Waals surface area contributed by atoms with E-state index in [-0.39, 0.29) is 11.7 Å². The van der Waals surface area contributed by atoms with Crippen molar-refractivity contribution in [3.05, 3.63) is 58.4 Å². The first-order chi connectivity index (χ1) is 9.63. The summed E-state index contributed by atoms with van der Waals surface area (Å²) in [5, 5.41) is 9.84. The third kappa shape index (κ3) is 2.47. The van der Waals surface area contributed by atoms with Gasteiger partial charge in [0.15, 0.2) is 0 Å². The Morgan fingerprint density at radius 3 is 2.90 bits per heavy atom. The van der Waals surface area contributed by atoms with Crippen molar-refractivity contribution in [1.82, 2.24) is 9.88 Å². The number of halogens is 1. The van der Waals surface area contributed by atoms with Gasteiger partial charge in [-0.25, -0.2) is 4.98 Å². The molecule has 1 aliphatic heterocycles. The summed E-state index contributed by atoms with van der Waals surface area (Å²) < 4.78 is 0. The van der Waals surface area contributed by atoms with E-state index in [4.69, 9.17) is 11.6 Å². The standard InChI is InChI=1S/C15H13ClN2O2/c16-14-3-1-2-13(17-14)15(20)18-7-6-10-4-5-12(19)8-11(10)9-18/h1-5,8,19H,6-7,9H2. The van der Waals surface area contributed by atoms with Gasteiger partial charge >= 0.3 is 0 Å². The van der Waals surface area contributed by atoms with Crippen LogP contribution in [0.1, 0.15) is 21.6 Å². The van der Waals surface area contributed by atoms with Gasteiger partial charge in [0.1, 0.15) is 16.6 Å². The fourth-order valence-corrected chi connectivity index (χ4v) is 2.57. The second-order valence-electron chi connectivity index (χ2n) is 4.78. The third-order valence-electron chi connectivity index (χ3n) is 3.42. The fraction of sp³-hybridized carbons (Fsp3) is 0.200. The van der Waals surface area contributed by atoms with Crippen LogP contribution in [-0.2, 0) is 13.0 Å². The van der Waals surface area contributed by atoms with Crippen molar-refractivity contribution in [3.63, 3.8) is 0 Å². The quantitative estimate of drug-likeness (QED) is 0.821. The fourth-order valence-electron chi connectivity index (χ4n) is 2.41. The Hall–Kier alpha value is -2.07. The summed E-state index contributed by atoms with van der Waals surface area (Å²) in [6, 6.07) is 10.3. The van der Waals surface area contributed by atoms with E-state index < -0.39 is 0 Å². The molecular weight excluding hydrogens is 276 g/mol. The van der Waals surface area contributed by atoms with Gasteiger partial charge in [-0.15, -0.1) is 0 Å². The number of nitrogens with zero attached hydrogens (tertiary/aromatic N) is 2. The first-order valence-electron chi connectivity index (χ1n) is 6.36. The summed E-state index contributed by atoms with van der Waals surface area (Å²) in [5.74, 6) is 0.0837. The lowest BCUT2D eigenvalue weighted by Gasteiger charge is -2.28. The van der Waals surface area contributed by atoms with E-state index in [2.05, 4.69) is 4.98 Å². The zero-order valence-corrected chi connectivity index (χ0v) is 11.5. The molecule has 0 bridgehead atoms.